The predicted octanol–water partition coefficient (Wildman–Crippen LogP) is 2.62. The van der Waals surface area contributed by atoms with Crippen molar-refractivity contribution in [2.24, 2.45) is 0 Å². The summed E-state index contributed by atoms with van der Waals surface area (Å²) in [5, 5.41) is 21.1. The summed E-state index contributed by atoms with van der Waals surface area (Å²) in [6, 6.07) is 12.5. The Labute approximate surface area is 118 Å². The first-order chi connectivity index (χ1) is 9.61. The Balaban J connectivity index is 2.11. The van der Waals surface area contributed by atoms with Gasteiger partial charge in [0.15, 0.2) is 0 Å². The van der Waals surface area contributed by atoms with Crippen molar-refractivity contribution >= 4 is 0 Å². The van der Waals surface area contributed by atoms with Gasteiger partial charge in [0.1, 0.15) is 0 Å². The Morgan fingerprint density at radius 1 is 0.700 bits per heavy atom. The van der Waals surface area contributed by atoms with E-state index >= 15 is 0 Å². The van der Waals surface area contributed by atoms with Crippen LogP contribution >= 0.6 is 0 Å². The molecule has 2 heteroatoms. The third kappa shape index (κ3) is 1.31. The normalized spacial score (nSPS) is 30.0. The van der Waals surface area contributed by atoms with E-state index in [1.165, 1.54) is 33.4 Å². The third-order valence-electron chi connectivity index (χ3n) is 5.04. The maximum Gasteiger partial charge on any atom is 0.0917 e. The van der Waals surface area contributed by atoms with E-state index in [-0.39, 0.29) is 11.8 Å². The average molecular weight is 266 g/mol. The van der Waals surface area contributed by atoms with Gasteiger partial charge >= 0.3 is 0 Å². The van der Waals surface area contributed by atoms with Gasteiger partial charge in [0.25, 0.3) is 0 Å². The molecule has 3 aliphatic rings. The molecule has 4 atom stereocenters. The van der Waals surface area contributed by atoms with Gasteiger partial charge in [-0.15, -0.1) is 0 Å². The molecule has 0 aromatic heterocycles. The fraction of sp³-hybridized carbons (Fsp3) is 0.333. The van der Waals surface area contributed by atoms with Crippen LogP contribution in [0.1, 0.15) is 45.2 Å². The second-order valence-electron chi connectivity index (χ2n) is 6.09. The SMILES string of the molecule is Cc1ccc(C)c2c1[C@H]1c3ccccc3[C@H]2[C@H](O)[C@@H]1O. The maximum absolute atomic E-state index is 10.5. The first-order valence-electron chi connectivity index (χ1n) is 7.16. The fourth-order valence-corrected chi connectivity index (χ4v) is 4.17. The van der Waals surface area contributed by atoms with Crippen LogP contribution in [0.2, 0.25) is 0 Å². The van der Waals surface area contributed by atoms with Crippen LogP contribution < -0.4 is 0 Å². The Bertz CT molecular complexity index is 645. The lowest BCUT2D eigenvalue weighted by molar-refractivity contribution is -0.0157. The quantitative estimate of drug-likeness (QED) is 0.769. The smallest absolute Gasteiger partial charge is 0.0917 e. The molecule has 2 aromatic rings. The second-order valence-corrected chi connectivity index (χ2v) is 6.09. The molecule has 2 nitrogen and oxygen atoms in total. The third-order valence-corrected chi connectivity index (χ3v) is 5.04. The van der Waals surface area contributed by atoms with Crippen LogP contribution in [-0.2, 0) is 0 Å². The number of benzene rings is 2. The van der Waals surface area contributed by atoms with Crippen LogP contribution in [0.5, 0.6) is 0 Å². The van der Waals surface area contributed by atoms with Crippen LogP contribution in [0.4, 0.5) is 0 Å². The lowest BCUT2D eigenvalue weighted by Gasteiger charge is -2.48. The molecule has 20 heavy (non-hydrogen) atoms. The van der Waals surface area contributed by atoms with E-state index in [9.17, 15) is 10.2 Å². The summed E-state index contributed by atoms with van der Waals surface area (Å²) in [6.07, 6.45) is -1.41. The van der Waals surface area contributed by atoms with Gasteiger partial charge in [0.2, 0.25) is 0 Å². The Morgan fingerprint density at radius 2 is 1.10 bits per heavy atom. The summed E-state index contributed by atoms with van der Waals surface area (Å²) in [5.74, 6) is -0.192. The highest BCUT2D eigenvalue weighted by Gasteiger charge is 2.49. The highest BCUT2D eigenvalue weighted by molar-refractivity contribution is 5.61. The summed E-state index contributed by atoms with van der Waals surface area (Å²) in [4.78, 5) is 0. The minimum absolute atomic E-state index is 0.0962. The summed E-state index contributed by atoms with van der Waals surface area (Å²) in [5.41, 5.74) is 7.23. The van der Waals surface area contributed by atoms with Gasteiger partial charge in [0.05, 0.1) is 12.2 Å². The molecule has 0 aliphatic heterocycles. The van der Waals surface area contributed by atoms with Gasteiger partial charge < -0.3 is 10.2 Å². The standard InChI is InChI=1S/C18H18O2/c1-9-7-8-10(2)14-13(9)15-11-5-3-4-6-12(11)16(14)18(20)17(15)19/h3-8,15-20H,1-2H3/t15-,16-,17-,18+/m1/s1. The van der Waals surface area contributed by atoms with Crippen molar-refractivity contribution in [3.05, 3.63) is 69.8 Å². The molecular formula is C18H18O2. The summed E-state index contributed by atoms with van der Waals surface area (Å²) < 4.78 is 0. The molecule has 2 aromatic carbocycles. The summed E-state index contributed by atoms with van der Waals surface area (Å²) >= 11 is 0. The number of rotatable bonds is 0. The first-order valence-corrected chi connectivity index (χ1v) is 7.16. The fourth-order valence-electron chi connectivity index (χ4n) is 4.17. The molecule has 0 unspecified atom stereocenters. The lowest BCUT2D eigenvalue weighted by atomic mass is 9.59. The first kappa shape index (κ1) is 12.1. The topological polar surface area (TPSA) is 40.5 Å². The Hall–Kier alpha value is -1.64. The number of aliphatic hydroxyl groups excluding tert-OH is 2. The second kappa shape index (κ2) is 3.94. The minimum atomic E-state index is -0.706. The largest absolute Gasteiger partial charge is 0.389 e. The molecule has 0 amide bonds. The number of hydrogen-bond acceptors (Lipinski definition) is 2. The number of fused-ring (bicyclic) bond motifs is 1. The van der Waals surface area contributed by atoms with Crippen molar-refractivity contribution < 1.29 is 10.2 Å². The zero-order chi connectivity index (χ0) is 14.0. The van der Waals surface area contributed by atoms with Crippen LogP contribution in [0, 0.1) is 13.8 Å². The van der Waals surface area contributed by atoms with Crippen molar-refractivity contribution in [1.29, 1.82) is 0 Å². The number of aliphatic hydroxyl groups is 2. The number of hydrogen-bond donors (Lipinski definition) is 2. The molecule has 0 fully saturated rings. The van der Waals surface area contributed by atoms with Gasteiger partial charge in [-0.05, 0) is 47.2 Å². The molecule has 0 radical (unpaired) electrons. The highest BCUT2D eigenvalue weighted by Crippen LogP contribution is 2.54. The van der Waals surface area contributed by atoms with E-state index in [4.69, 9.17) is 0 Å². The van der Waals surface area contributed by atoms with Crippen LogP contribution in [0.3, 0.4) is 0 Å². The molecular weight excluding hydrogens is 248 g/mol. The van der Waals surface area contributed by atoms with Crippen molar-refractivity contribution in [2.75, 3.05) is 0 Å². The van der Waals surface area contributed by atoms with Crippen molar-refractivity contribution in [2.45, 2.75) is 37.9 Å². The van der Waals surface area contributed by atoms with E-state index in [2.05, 4.69) is 38.1 Å². The Kier molecular flexibility index (Phi) is 2.39. The molecule has 102 valence electrons. The molecule has 0 saturated carbocycles. The summed E-state index contributed by atoms with van der Waals surface area (Å²) in [6.45, 7) is 4.20. The molecule has 2 bridgehead atoms. The van der Waals surface area contributed by atoms with Gasteiger partial charge in [-0.2, -0.15) is 0 Å². The highest BCUT2D eigenvalue weighted by atomic mass is 16.3. The van der Waals surface area contributed by atoms with Gasteiger partial charge in [0, 0.05) is 11.8 Å². The van der Waals surface area contributed by atoms with Gasteiger partial charge in [-0.25, -0.2) is 0 Å². The van der Waals surface area contributed by atoms with Crippen molar-refractivity contribution in [3.63, 3.8) is 0 Å². The minimum Gasteiger partial charge on any atom is -0.389 e. The molecule has 0 saturated heterocycles. The average Bonchev–Trinajstić information content (AvgIpc) is 2.46. The van der Waals surface area contributed by atoms with E-state index in [0.29, 0.717) is 0 Å². The zero-order valence-corrected chi connectivity index (χ0v) is 11.7. The maximum atomic E-state index is 10.5. The molecule has 3 aliphatic carbocycles. The van der Waals surface area contributed by atoms with E-state index in [1.807, 2.05) is 12.1 Å². The van der Waals surface area contributed by atoms with Crippen LogP contribution in [0.15, 0.2) is 36.4 Å². The summed E-state index contributed by atoms with van der Waals surface area (Å²) in [7, 11) is 0. The molecule has 5 rings (SSSR count). The monoisotopic (exact) mass is 266 g/mol. The molecule has 0 spiro atoms. The lowest BCUT2D eigenvalue weighted by Crippen LogP contribution is -2.47. The number of aryl methyl sites for hydroxylation is 2. The van der Waals surface area contributed by atoms with E-state index < -0.39 is 12.2 Å². The van der Waals surface area contributed by atoms with Crippen LogP contribution in [0.25, 0.3) is 0 Å². The van der Waals surface area contributed by atoms with E-state index in [0.717, 1.165) is 0 Å². The molecule has 0 heterocycles. The van der Waals surface area contributed by atoms with Crippen molar-refractivity contribution in [1.82, 2.24) is 0 Å². The van der Waals surface area contributed by atoms with Gasteiger partial charge in [-0.3, -0.25) is 0 Å². The van der Waals surface area contributed by atoms with Crippen LogP contribution in [-0.4, -0.2) is 22.4 Å². The van der Waals surface area contributed by atoms with E-state index in [1.54, 1.807) is 0 Å². The molecule has 2 N–H and O–H groups in total. The zero-order valence-electron chi connectivity index (χ0n) is 11.7. The van der Waals surface area contributed by atoms with Crippen molar-refractivity contribution in [3.8, 4) is 0 Å². The van der Waals surface area contributed by atoms with Gasteiger partial charge in [-0.1, -0.05) is 36.4 Å². The predicted molar refractivity (Wildman–Crippen MR) is 78.1 cm³/mol. The Morgan fingerprint density at radius 3 is 1.50 bits per heavy atom.